The van der Waals surface area contributed by atoms with E-state index in [1.807, 2.05) is 48.3 Å². The largest absolute Gasteiger partial charge is 0.493 e. The molecule has 0 bridgehead atoms. The first kappa shape index (κ1) is 23.2. The maximum absolute atomic E-state index is 7.76. The number of hydrogen-bond acceptors (Lipinski definition) is 6. The number of aromatic nitrogens is 3. The molecule has 182 valence electrons. The summed E-state index contributed by atoms with van der Waals surface area (Å²) in [5, 5.41) is 9.68. The zero-order chi connectivity index (χ0) is 25.2. The molecule has 0 atom stereocenters. The van der Waals surface area contributed by atoms with E-state index < -0.39 is 0 Å². The molecule has 1 fully saturated rings. The van der Waals surface area contributed by atoms with E-state index in [1.54, 1.807) is 19.4 Å². The average molecular weight is 481 g/mol. The molecule has 8 heteroatoms. The number of hydrogen-bond donors (Lipinski definition) is 1. The molecule has 1 N–H and O–H groups in total. The molecule has 0 radical (unpaired) electrons. The fourth-order valence-corrected chi connectivity index (χ4v) is 4.70. The fourth-order valence-electron chi connectivity index (χ4n) is 4.70. The summed E-state index contributed by atoms with van der Waals surface area (Å²) in [4.78, 5) is 10.5. The van der Waals surface area contributed by atoms with Crippen molar-refractivity contribution in [3.63, 3.8) is 0 Å². The zero-order valence-corrected chi connectivity index (χ0v) is 20.5. The van der Waals surface area contributed by atoms with Crippen LogP contribution in [0.2, 0.25) is 0 Å². The molecular formula is C28H28N6O2. The van der Waals surface area contributed by atoms with Gasteiger partial charge in [0, 0.05) is 61.7 Å². The van der Waals surface area contributed by atoms with Crippen LogP contribution in [-0.4, -0.2) is 46.0 Å². The molecule has 36 heavy (non-hydrogen) atoms. The van der Waals surface area contributed by atoms with Gasteiger partial charge in [-0.05, 0) is 18.2 Å². The molecule has 2 aromatic heterocycles. The van der Waals surface area contributed by atoms with Gasteiger partial charge in [0.05, 0.1) is 42.3 Å². The maximum Gasteiger partial charge on any atom is 0.228 e. The Kier molecular flexibility index (Phi) is 6.21. The van der Waals surface area contributed by atoms with Crippen LogP contribution < -0.4 is 14.8 Å². The lowest BCUT2D eigenvalue weighted by Crippen LogP contribution is -2.37. The number of rotatable bonds is 7. The van der Waals surface area contributed by atoms with E-state index in [0.717, 1.165) is 53.6 Å². The van der Waals surface area contributed by atoms with Crippen LogP contribution in [0.4, 0.5) is 17.1 Å². The molecule has 1 aliphatic heterocycles. The van der Waals surface area contributed by atoms with E-state index in [0.29, 0.717) is 28.4 Å². The average Bonchev–Trinajstić information content (AvgIpc) is 3.30. The van der Waals surface area contributed by atoms with Gasteiger partial charge in [0.2, 0.25) is 5.69 Å². The summed E-state index contributed by atoms with van der Waals surface area (Å²) < 4.78 is 13.9. The number of ether oxygens (including phenoxy) is 2. The first-order valence-corrected chi connectivity index (χ1v) is 11.8. The number of likely N-dealkylation sites (tertiary alicyclic amines) is 1. The third kappa shape index (κ3) is 4.20. The normalized spacial score (nSPS) is 14.0. The minimum Gasteiger partial charge on any atom is -0.493 e. The molecular weight excluding hydrogens is 452 g/mol. The lowest BCUT2D eigenvalue weighted by molar-refractivity contribution is 0.116. The van der Waals surface area contributed by atoms with Crippen molar-refractivity contribution in [3.05, 3.63) is 79.1 Å². The molecule has 1 aliphatic rings. The van der Waals surface area contributed by atoms with Gasteiger partial charge < -0.3 is 19.7 Å². The number of fused-ring (bicyclic) bond motifs is 2. The summed E-state index contributed by atoms with van der Waals surface area (Å²) in [5.74, 6) is 1.25. The lowest BCUT2D eigenvalue weighted by Gasteiger charge is -2.34. The van der Waals surface area contributed by atoms with Crippen LogP contribution in [0.25, 0.3) is 26.7 Å². The number of methoxy groups -OCH3 is 1. The summed E-state index contributed by atoms with van der Waals surface area (Å²) >= 11 is 0. The van der Waals surface area contributed by atoms with Crippen molar-refractivity contribution in [1.82, 2.24) is 19.7 Å². The third-order valence-corrected chi connectivity index (χ3v) is 6.65. The van der Waals surface area contributed by atoms with Crippen LogP contribution in [-0.2, 0) is 7.05 Å². The number of anilines is 2. The molecule has 3 heterocycles. The molecule has 1 saturated heterocycles. The van der Waals surface area contributed by atoms with Gasteiger partial charge in [0.1, 0.15) is 6.10 Å². The quantitative estimate of drug-likeness (QED) is 0.260. The second kappa shape index (κ2) is 9.62. The maximum atomic E-state index is 7.76. The first-order chi connectivity index (χ1) is 17.5. The van der Waals surface area contributed by atoms with E-state index >= 15 is 0 Å². The number of allylic oxidation sites excluding steroid dienone is 1. The Balaban J connectivity index is 1.53. The minimum absolute atomic E-state index is 0.0434. The highest BCUT2D eigenvalue weighted by Crippen LogP contribution is 2.41. The second-order valence-electron chi connectivity index (χ2n) is 8.79. The Morgan fingerprint density at radius 3 is 2.75 bits per heavy atom. The highest BCUT2D eigenvalue weighted by Gasteiger charge is 2.23. The molecule has 0 amide bonds. The zero-order valence-electron chi connectivity index (χ0n) is 20.5. The van der Waals surface area contributed by atoms with Crippen LogP contribution in [0.5, 0.6) is 11.5 Å². The third-order valence-electron chi connectivity index (χ3n) is 6.65. The van der Waals surface area contributed by atoms with Gasteiger partial charge >= 0.3 is 0 Å². The molecule has 0 spiro atoms. The number of nitrogens with one attached hydrogen (secondary N) is 1. The highest BCUT2D eigenvalue weighted by molar-refractivity contribution is 6.03. The number of pyridine rings is 1. The molecule has 5 rings (SSSR count). The van der Waals surface area contributed by atoms with Crippen molar-refractivity contribution in [2.75, 3.05) is 25.5 Å². The Labute approximate surface area is 210 Å². The standard InChI is InChI=1S/C28H28N6O2/c1-6-18(2)34-12-10-20(11-13-34)36-26-14-21-23(15-25(26)35-5)30-17-24(29-3)27(21)32-22-9-7-8-19-16-31-33(4)28(19)22/h6-9,14-17,20H,1-2,10-13H2,4-5H3,(H,30,32). The molecule has 8 nitrogen and oxygen atoms in total. The van der Waals surface area contributed by atoms with Crippen molar-refractivity contribution >= 4 is 38.9 Å². The van der Waals surface area contributed by atoms with Gasteiger partial charge in [-0.2, -0.15) is 5.10 Å². The number of piperidine rings is 1. The van der Waals surface area contributed by atoms with Crippen molar-refractivity contribution in [1.29, 1.82) is 0 Å². The minimum atomic E-state index is 0.0434. The Bertz CT molecular complexity index is 1510. The molecule has 0 unspecified atom stereocenters. The van der Waals surface area contributed by atoms with Gasteiger partial charge in [0.15, 0.2) is 11.5 Å². The van der Waals surface area contributed by atoms with Crippen LogP contribution in [0.3, 0.4) is 0 Å². The van der Waals surface area contributed by atoms with Gasteiger partial charge in [0.25, 0.3) is 0 Å². The van der Waals surface area contributed by atoms with Gasteiger partial charge in [-0.15, -0.1) is 0 Å². The van der Waals surface area contributed by atoms with Gasteiger partial charge in [-0.3, -0.25) is 9.67 Å². The van der Waals surface area contributed by atoms with Crippen LogP contribution in [0, 0.1) is 6.57 Å². The highest BCUT2D eigenvalue weighted by atomic mass is 16.5. The monoisotopic (exact) mass is 480 g/mol. The Hall–Kier alpha value is -4.51. The Morgan fingerprint density at radius 2 is 2.03 bits per heavy atom. The predicted molar refractivity (Wildman–Crippen MR) is 143 cm³/mol. The second-order valence-corrected chi connectivity index (χ2v) is 8.79. The molecule has 2 aromatic carbocycles. The van der Waals surface area contributed by atoms with Gasteiger partial charge in [-0.25, -0.2) is 4.85 Å². The SMILES string of the molecule is [C-]#[N+]c1cnc2cc(OC)c(OC3CCN(C(=C)C=C)CC3)cc2c1Nc1cccc2cnn(C)c12. The van der Waals surface area contributed by atoms with Crippen LogP contribution >= 0.6 is 0 Å². The Morgan fingerprint density at radius 1 is 1.22 bits per heavy atom. The lowest BCUT2D eigenvalue weighted by atomic mass is 10.1. The van der Waals surface area contributed by atoms with E-state index in [2.05, 4.69) is 38.3 Å². The van der Waals surface area contributed by atoms with Crippen molar-refractivity contribution in [2.24, 2.45) is 7.05 Å². The summed E-state index contributed by atoms with van der Waals surface area (Å²) in [7, 11) is 3.53. The molecule has 0 aliphatic carbocycles. The smallest absolute Gasteiger partial charge is 0.228 e. The van der Waals surface area contributed by atoms with Crippen LogP contribution in [0.1, 0.15) is 12.8 Å². The van der Waals surface area contributed by atoms with Crippen molar-refractivity contribution in [2.45, 2.75) is 18.9 Å². The van der Waals surface area contributed by atoms with Crippen molar-refractivity contribution in [3.8, 4) is 11.5 Å². The van der Waals surface area contributed by atoms with E-state index in [1.165, 1.54) is 0 Å². The summed E-state index contributed by atoms with van der Waals surface area (Å²) in [5.41, 5.74) is 4.56. The summed E-state index contributed by atoms with van der Waals surface area (Å²) in [6.45, 7) is 17.3. The van der Waals surface area contributed by atoms with Crippen LogP contribution in [0.15, 0.2) is 67.7 Å². The molecule has 0 saturated carbocycles. The van der Waals surface area contributed by atoms with Gasteiger partial charge in [-0.1, -0.05) is 25.3 Å². The predicted octanol–water partition coefficient (Wildman–Crippen LogP) is 5.97. The van der Waals surface area contributed by atoms with E-state index in [-0.39, 0.29) is 6.10 Å². The number of benzene rings is 2. The van der Waals surface area contributed by atoms with Crippen molar-refractivity contribution < 1.29 is 9.47 Å². The topological polar surface area (TPSA) is 68.8 Å². The number of nitrogens with zero attached hydrogens (tertiary/aromatic N) is 5. The number of para-hydroxylation sites is 1. The fraction of sp³-hybridized carbons (Fsp3) is 0.250. The first-order valence-electron chi connectivity index (χ1n) is 11.8. The van der Waals surface area contributed by atoms with E-state index in [9.17, 15) is 0 Å². The molecule has 4 aromatic rings. The number of aryl methyl sites for hydroxylation is 1. The summed E-state index contributed by atoms with van der Waals surface area (Å²) in [6, 6.07) is 9.76. The van der Waals surface area contributed by atoms with E-state index in [4.69, 9.17) is 16.0 Å². The summed E-state index contributed by atoms with van der Waals surface area (Å²) in [6.07, 6.45) is 6.97.